The maximum Gasteiger partial charge on any atom is 0.138 e. The number of aryl methyl sites for hydroxylation is 2. The van der Waals surface area contributed by atoms with E-state index in [4.69, 9.17) is 0 Å². The molecule has 0 aliphatic heterocycles. The molecule has 0 spiro atoms. The Bertz CT molecular complexity index is 1020. The lowest BCUT2D eigenvalue weighted by Crippen LogP contribution is -2.04. The van der Waals surface area contributed by atoms with E-state index in [9.17, 15) is 0 Å². The van der Waals surface area contributed by atoms with E-state index in [1.54, 1.807) is 17.7 Å². The Kier molecular flexibility index (Phi) is 4.19. The SMILES string of the molecule is Cc1cc2c(NCc3cccc(Cn4ccnc4C)c3)ncnc2s1. The van der Waals surface area contributed by atoms with Gasteiger partial charge in [0.25, 0.3) is 0 Å². The average molecular weight is 349 g/mol. The lowest BCUT2D eigenvalue weighted by atomic mass is 10.1. The molecule has 126 valence electrons. The van der Waals surface area contributed by atoms with Gasteiger partial charge in [-0.25, -0.2) is 15.0 Å². The number of imidazole rings is 1. The molecule has 3 aromatic heterocycles. The van der Waals surface area contributed by atoms with Crippen LogP contribution in [0, 0.1) is 13.8 Å². The van der Waals surface area contributed by atoms with E-state index in [0.29, 0.717) is 0 Å². The molecule has 0 radical (unpaired) electrons. The number of hydrogen-bond donors (Lipinski definition) is 1. The Morgan fingerprint density at radius 2 is 1.96 bits per heavy atom. The summed E-state index contributed by atoms with van der Waals surface area (Å²) in [5.74, 6) is 1.92. The van der Waals surface area contributed by atoms with Crippen molar-refractivity contribution in [2.75, 3.05) is 5.32 Å². The van der Waals surface area contributed by atoms with Crippen LogP contribution < -0.4 is 5.32 Å². The third kappa shape index (κ3) is 3.39. The Hall–Kier alpha value is -2.73. The quantitative estimate of drug-likeness (QED) is 0.588. The van der Waals surface area contributed by atoms with Gasteiger partial charge in [-0.1, -0.05) is 24.3 Å². The van der Waals surface area contributed by atoms with Gasteiger partial charge in [-0.05, 0) is 31.0 Å². The average Bonchev–Trinajstić information content (AvgIpc) is 3.18. The summed E-state index contributed by atoms with van der Waals surface area (Å²) in [5, 5.41) is 4.54. The van der Waals surface area contributed by atoms with Gasteiger partial charge in [-0.15, -0.1) is 11.3 Å². The van der Waals surface area contributed by atoms with Crippen LogP contribution in [0.4, 0.5) is 5.82 Å². The smallest absolute Gasteiger partial charge is 0.138 e. The van der Waals surface area contributed by atoms with Crippen molar-refractivity contribution in [2.24, 2.45) is 0 Å². The van der Waals surface area contributed by atoms with Gasteiger partial charge in [0.15, 0.2) is 0 Å². The fourth-order valence-electron chi connectivity index (χ4n) is 2.91. The lowest BCUT2D eigenvalue weighted by Gasteiger charge is -2.09. The van der Waals surface area contributed by atoms with Gasteiger partial charge in [0.05, 0.1) is 5.39 Å². The summed E-state index contributed by atoms with van der Waals surface area (Å²) in [6, 6.07) is 10.7. The molecule has 3 heterocycles. The van der Waals surface area contributed by atoms with Gasteiger partial charge in [0.1, 0.15) is 22.8 Å². The molecule has 0 bridgehead atoms. The minimum Gasteiger partial charge on any atom is -0.365 e. The van der Waals surface area contributed by atoms with Crippen molar-refractivity contribution in [3.63, 3.8) is 0 Å². The first-order chi connectivity index (χ1) is 12.2. The highest BCUT2D eigenvalue weighted by Crippen LogP contribution is 2.27. The van der Waals surface area contributed by atoms with Gasteiger partial charge in [-0.2, -0.15) is 0 Å². The maximum atomic E-state index is 4.40. The topological polar surface area (TPSA) is 55.6 Å². The monoisotopic (exact) mass is 349 g/mol. The molecule has 0 fully saturated rings. The Morgan fingerprint density at radius 1 is 1.08 bits per heavy atom. The van der Waals surface area contributed by atoms with Crippen molar-refractivity contribution in [3.8, 4) is 0 Å². The van der Waals surface area contributed by atoms with E-state index < -0.39 is 0 Å². The molecule has 4 rings (SSSR count). The molecule has 25 heavy (non-hydrogen) atoms. The third-order valence-corrected chi connectivity index (χ3v) is 5.14. The summed E-state index contributed by atoms with van der Waals surface area (Å²) in [6.07, 6.45) is 5.47. The van der Waals surface area contributed by atoms with Crippen LogP contribution in [0.3, 0.4) is 0 Å². The number of rotatable bonds is 5. The number of fused-ring (bicyclic) bond motifs is 1. The normalized spacial score (nSPS) is 11.1. The molecular formula is C19H19N5S. The van der Waals surface area contributed by atoms with Crippen LogP contribution >= 0.6 is 11.3 Å². The van der Waals surface area contributed by atoms with Crippen molar-refractivity contribution in [1.29, 1.82) is 0 Å². The first kappa shape index (κ1) is 15.8. The Labute approximate surface area is 150 Å². The summed E-state index contributed by atoms with van der Waals surface area (Å²) in [6.45, 7) is 5.69. The van der Waals surface area contributed by atoms with E-state index >= 15 is 0 Å². The summed E-state index contributed by atoms with van der Waals surface area (Å²) in [7, 11) is 0. The third-order valence-electron chi connectivity index (χ3n) is 4.18. The van der Waals surface area contributed by atoms with E-state index in [1.165, 1.54) is 16.0 Å². The zero-order valence-electron chi connectivity index (χ0n) is 14.2. The van der Waals surface area contributed by atoms with Crippen LogP contribution in [0.2, 0.25) is 0 Å². The Balaban J connectivity index is 1.51. The second-order valence-electron chi connectivity index (χ2n) is 6.07. The van der Waals surface area contributed by atoms with Crippen LogP contribution in [0.15, 0.2) is 49.1 Å². The molecule has 0 amide bonds. The molecule has 0 atom stereocenters. The van der Waals surface area contributed by atoms with Gasteiger partial charge >= 0.3 is 0 Å². The highest BCUT2D eigenvalue weighted by Gasteiger charge is 2.07. The number of nitrogens with zero attached hydrogens (tertiary/aromatic N) is 4. The summed E-state index contributed by atoms with van der Waals surface area (Å²) in [5.41, 5.74) is 2.49. The van der Waals surface area contributed by atoms with Crippen LogP contribution in [0.5, 0.6) is 0 Å². The molecule has 1 N–H and O–H groups in total. The molecule has 4 aromatic rings. The summed E-state index contributed by atoms with van der Waals surface area (Å²) in [4.78, 5) is 15.3. The molecule has 0 saturated carbocycles. The zero-order chi connectivity index (χ0) is 17.2. The largest absolute Gasteiger partial charge is 0.365 e. The van der Waals surface area contributed by atoms with Gasteiger partial charge in [0.2, 0.25) is 0 Å². The molecule has 0 saturated heterocycles. The van der Waals surface area contributed by atoms with Crippen LogP contribution in [-0.2, 0) is 13.1 Å². The highest BCUT2D eigenvalue weighted by molar-refractivity contribution is 7.18. The summed E-state index contributed by atoms with van der Waals surface area (Å²) >= 11 is 1.69. The number of hydrogen-bond acceptors (Lipinski definition) is 5. The maximum absolute atomic E-state index is 4.40. The van der Waals surface area contributed by atoms with Crippen LogP contribution in [-0.4, -0.2) is 19.5 Å². The van der Waals surface area contributed by atoms with Crippen molar-refractivity contribution in [2.45, 2.75) is 26.9 Å². The number of aromatic nitrogens is 4. The predicted molar refractivity (Wildman–Crippen MR) is 102 cm³/mol. The minimum absolute atomic E-state index is 0.734. The van der Waals surface area contributed by atoms with Crippen molar-refractivity contribution >= 4 is 27.4 Å². The summed E-state index contributed by atoms with van der Waals surface area (Å²) < 4.78 is 2.15. The molecule has 0 unspecified atom stereocenters. The molecule has 6 heteroatoms. The predicted octanol–water partition coefficient (Wildman–Crippen LogP) is 4.17. The van der Waals surface area contributed by atoms with Crippen molar-refractivity contribution in [3.05, 3.63) is 70.9 Å². The first-order valence-electron chi connectivity index (χ1n) is 8.19. The fraction of sp³-hybridized carbons (Fsp3) is 0.211. The van der Waals surface area contributed by atoms with E-state index in [2.05, 4.69) is 62.1 Å². The van der Waals surface area contributed by atoms with Gasteiger partial charge < -0.3 is 9.88 Å². The molecule has 5 nitrogen and oxygen atoms in total. The number of anilines is 1. The van der Waals surface area contributed by atoms with Crippen molar-refractivity contribution < 1.29 is 0 Å². The fourth-order valence-corrected chi connectivity index (χ4v) is 3.76. The number of nitrogens with one attached hydrogen (secondary N) is 1. The molecule has 0 aliphatic carbocycles. The number of thiophene rings is 1. The van der Waals surface area contributed by atoms with Gasteiger partial charge in [-0.3, -0.25) is 0 Å². The Morgan fingerprint density at radius 3 is 2.80 bits per heavy atom. The first-order valence-corrected chi connectivity index (χ1v) is 9.01. The van der Waals surface area contributed by atoms with E-state index in [-0.39, 0.29) is 0 Å². The van der Waals surface area contributed by atoms with Crippen LogP contribution in [0.1, 0.15) is 21.8 Å². The number of benzene rings is 1. The lowest BCUT2D eigenvalue weighted by molar-refractivity contribution is 0.760. The van der Waals surface area contributed by atoms with Gasteiger partial charge in [0, 0.05) is 30.4 Å². The molecule has 0 aliphatic rings. The minimum atomic E-state index is 0.734. The molecular weight excluding hydrogens is 330 g/mol. The van der Waals surface area contributed by atoms with E-state index in [0.717, 1.165) is 34.9 Å². The zero-order valence-corrected chi connectivity index (χ0v) is 15.0. The van der Waals surface area contributed by atoms with Crippen LogP contribution in [0.25, 0.3) is 10.2 Å². The van der Waals surface area contributed by atoms with Crippen molar-refractivity contribution in [1.82, 2.24) is 19.5 Å². The molecule has 1 aromatic carbocycles. The highest BCUT2D eigenvalue weighted by atomic mass is 32.1. The second kappa shape index (κ2) is 6.64. The standard InChI is InChI=1S/C19H19N5S/c1-13-8-17-18(22-12-23-19(17)25-13)21-10-15-4-3-5-16(9-15)11-24-7-6-20-14(24)2/h3-9,12H,10-11H2,1-2H3,(H,21,22,23). The second-order valence-corrected chi connectivity index (χ2v) is 7.31. The van der Waals surface area contributed by atoms with E-state index in [1.807, 2.05) is 19.3 Å².